The van der Waals surface area contributed by atoms with Gasteiger partial charge in [-0.2, -0.15) is 0 Å². The Labute approximate surface area is 371 Å². The first-order chi connectivity index (χ1) is 30.6. The molecule has 9 aromatic rings. The second kappa shape index (κ2) is 12.8. The van der Waals surface area contributed by atoms with Crippen LogP contribution in [0.5, 0.6) is 0 Å². The molecule has 0 radical (unpaired) electrons. The van der Waals surface area contributed by atoms with Gasteiger partial charge < -0.3 is 14.1 Å². The lowest BCUT2D eigenvalue weighted by molar-refractivity contribution is 0.332. The lowest BCUT2D eigenvalue weighted by Gasteiger charge is -2.52. The molecule has 13 rings (SSSR count). The minimum atomic E-state index is -2.87. The van der Waals surface area contributed by atoms with Crippen molar-refractivity contribution in [1.29, 1.82) is 0 Å². The summed E-state index contributed by atoms with van der Waals surface area (Å²) in [5, 5.41) is 7.96. The van der Waals surface area contributed by atoms with Gasteiger partial charge in [0, 0.05) is 50.2 Å². The van der Waals surface area contributed by atoms with E-state index >= 15 is 0 Å². The van der Waals surface area contributed by atoms with Crippen molar-refractivity contribution in [3.63, 3.8) is 0 Å². The Bertz CT molecular complexity index is 3360. The monoisotopic (exact) mass is 828 g/mol. The van der Waals surface area contributed by atoms with E-state index in [9.17, 15) is 0 Å². The van der Waals surface area contributed by atoms with Crippen LogP contribution in [-0.2, 0) is 10.8 Å². The Balaban J connectivity index is 1.19. The number of fused-ring (bicyclic) bond motifs is 11. The number of rotatable bonds is 3. The number of hydrogen-bond acceptors (Lipinski definition) is 3. The molecule has 1 aliphatic carbocycles. The fraction of sp³-hybridized carbons (Fsp3) is 0.172. The molecule has 0 amide bonds. The van der Waals surface area contributed by atoms with Crippen LogP contribution in [0.1, 0.15) is 62.8 Å². The Morgan fingerprint density at radius 3 is 1.92 bits per heavy atom. The van der Waals surface area contributed by atoms with Crippen LogP contribution in [0.3, 0.4) is 0 Å². The van der Waals surface area contributed by atoms with Gasteiger partial charge in [0.15, 0.2) is 8.07 Å². The van der Waals surface area contributed by atoms with Gasteiger partial charge >= 0.3 is 6.85 Å². The minimum Gasteiger partial charge on any atom is -0.456 e. The number of furan rings is 1. The van der Waals surface area contributed by atoms with E-state index < -0.39 is 8.07 Å². The lowest BCUT2D eigenvalue weighted by atomic mass is 9.43. The van der Waals surface area contributed by atoms with E-state index in [1.54, 1.807) is 0 Å². The fourth-order valence-corrected chi connectivity index (χ4v) is 17.6. The Kier molecular flexibility index (Phi) is 7.51. The van der Waals surface area contributed by atoms with E-state index in [4.69, 9.17) is 4.42 Å². The number of para-hydroxylation sites is 3. The average Bonchev–Trinajstić information content (AvgIpc) is 3.68. The molecule has 0 N–H and O–H groups in total. The Morgan fingerprint density at radius 2 is 1.17 bits per heavy atom. The van der Waals surface area contributed by atoms with Crippen molar-refractivity contribution in [2.24, 2.45) is 0 Å². The topological polar surface area (TPSA) is 19.6 Å². The Hall–Kier alpha value is -6.56. The first-order valence-corrected chi connectivity index (χ1v) is 24.8. The van der Waals surface area contributed by atoms with E-state index in [0.29, 0.717) is 0 Å². The van der Waals surface area contributed by atoms with E-state index in [-0.39, 0.29) is 17.7 Å². The van der Waals surface area contributed by atoms with E-state index in [1.165, 1.54) is 99.9 Å². The summed E-state index contributed by atoms with van der Waals surface area (Å²) >= 11 is 0. The van der Waals surface area contributed by atoms with Crippen molar-refractivity contribution in [2.75, 3.05) is 9.71 Å². The number of hydrogen-bond donors (Lipinski definition) is 0. The second-order valence-corrected chi connectivity index (χ2v) is 23.7. The van der Waals surface area contributed by atoms with Crippen molar-refractivity contribution in [3.8, 4) is 11.1 Å². The summed E-state index contributed by atoms with van der Waals surface area (Å²) in [6, 6.07) is 62.7. The maximum absolute atomic E-state index is 7.20. The first-order valence-electron chi connectivity index (χ1n) is 22.8. The molecule has 0 spiro atoms. The smallest absolute Gasteiger partial charge is 0.336 e. The predicted molar refractivity (Wildman–Crippen MR) is 269 cm³/mol. The van der Waals surface area contributed by atoms with Gasteiger partial charge in [-0.05, 0) is 128 Å². The zero-order valence-electron chi connectivity index (χ0n) is 36.9. The highest BCUT2D eigenvalue weighted by atomic mass is 28.3. The van der Waals surface area contributed by atoms with E-state index in [1.807, 2.05) is 0 Å². The third kappa shape index (κ3) is 4.81. The standard InChI is InChI=1S/C58H49BN2OSi/c1-36-32-43-41-23-17-27-52-55(41)61(46-24-14-16-26-51(46)63(52,38-18-9-7-10-19-38)39-20-11-8-12-21-39)59-53(43)49(33-36)60(47-29-28-42-40-22-13-15-25-50(40)62-56(42)54(47)59)48-35-45-44(34-37(48)2)57(3,4)30-31-58(45,5)6/h7-29,32-35H,30-31H2,1-6H3. The van der Waals surface area contributed by atoms with Crippen molar-refractivity contribution >= 4 is 97.0 Å². The quantitative estimate of drug-likeness (QED) is 0.165. The van der Waals surface area contributed by atoms with Crippen LogP contribution in [0.15, 0.2) is 168 Å². The van der Waals surface area contributed by atoms with Gasteiger partial charge in [0.25, 0.3) is 0 Å². The van der Waals surface area contributed by atoms with Crippen molar-refractivity contribution in [2.45, 2.75) is 65.2 Å². The number of benzene rings is 8. The van der Waals surface area contributed by atoms with Gasteiger partial charge in [0.1, 0.15) is 11.2 Å². The molecule has 5 heteroatoms. The molecule has 63 heavy (non-hydrogen) atoms. The molecule has 3 aliphatic heterocycles. The molecule has 0 saturated carbocycles. The molecule has 0 saturated heterocycles. The summed E-state index contributed by atoms with van der Waals surface area (Å²) in [5.41, 5.74) is 19.0. The summed E-state index contributed by atoms with van der Waals surface area (Å²) in [7, 11) is -2.87. The molecule has 304 valence electrons. The highest BCUT2D eigenvalue weighted by Crippen LogP contribution is 2.52. The maximum atomic E-state index is 7.20. The van der Waals surface area contributed by atoms with Crippen LogP contribution in [0.25, 0.3) is 33.1 Å². The van der Waals surface area contributed by atoms with Crippen LogP contribution in [0.2, 0.25) is 0 Å². The number of aryl methyl sites for hydroxylation is 2. The van der Waals surface area contributed by atoms with Crippen molar-refractivity contribution in [3.05, 3.63) is 186 Å². The molecule has 8 aromatic carbocycles. The summed E-state index contributed by atoms with van der Waals surface area (Å²) < 4.78 is 7.20. The predicted octanol–water partition coefficient (Wildman–Crippen LogP) is 11.0. The number of anilines is 5. The van der Waals surface area contributed by atoms with Gasteiger partial charge in [-0.1, -0.05) is 155 Å². The molecular formula is C58H49BN2OSi. The first kappa shape index (κ1) is 37.0. The van der Waals surface area contributed by atoms with Gasteiger partial charge in [-0.15, -0.1) is 0 Å². The SMILES string of the molecule is Cc1cc2c3c(c1)N(c1cc4c(cc1C)C(C)(C)CCC4(C)C)c1ccc4c(oc5ccccc54)c1B3N1c3ccccc3[Si](c3ccccc3)(c3ccccc3)c3cccc-2c31. The molecule has 4 aliphatic rings. The lowest BCUT2D eigenvalue weighted by Crippen LogP contribution is -2.79. The van der Waals surface area contributed by atoms with Gasteiger partial charge in [-0.3, -0.25) is 0 Å². The number of nitrogens with zero attached hydrogens (tertiary/aromatic N) is 2. The highest BCUT2D eigenvalue weighted by molar-refractivity contribution is 7.22. The summed E-state index contributed by atoms with van der Waals surface area (Å²) in [6.45, 7) is 14.2. The molecule has 4 heterocycles. The average molecular weight is 829 g/mol. The molecule has 0 unspecified atom stereocenters. The summed E-state index contributed by atoms with van der Waals surface area (Å²) in [5.74, 6) is 0. The largest absolute Gasteiger partial charge is 0.456 e. The normalized spacial score (nSPS) is 16.9. The van der Waals surface area contributed by atoms with E-state index in [2.05, 4.69) is 215 Å². The molecular weight excluding hydrogens is 780 g/mol. The van der Waals surface area contributed by atoms with Crippen LogP contribution in [0, 0.1) is 13.8 Å². The van der Waals surface area contributed by atoms with E-state index in [0.717, 1.165) is 28.4 Å². The van der Waals surface area contributed by atoms with Crippen LogP contribution in [-0.4, -0.2) is 14.9 Å². The molecule has 0 fully saturated rings. The van der Waals surface area contributed by atoms with Crippen LogP contribution < -0.4 is 41.4 Å². The zero-order chi connectivity index (χ0) is 42.6. The second-order valence-electron chi connectivity index (χ2n) is 20.0. The van der Waals surface area contributed by atoms with Crippen molar-refractivity contribution < 1.29 is 4.42 Å². The van der Waals surface area contributed by atoms with Gasteiger partial charge in [0.05, 0.1) is 0 Å². The van der Waals surface area contributed by atoms with Gasteiger partial charge in [0.2, 0.25) is 0 Å². The van der Waals surface area contributed by atoms with Crippen LogP contribution in [0.4, 0.5) is 28.4 Å². The molecule has 0 atom stereocenters. The van der Waals surface area contributed by atoms with Crippen molar-refractivity contribution in [1.82, 2.24) is 0 Å². The minimum absolute atomic E-state index is 0.0594. The molecule has 0 bridgehead atoms. The molecule has 3 nitrogen and oxygen atoms in total. The third-order valence-electron chi connectivity index (χ3n) is 15.5. The summed E-state index contributed by atoms with van der Waals surface area (Å²) in [6.07, 6.45) is 2.35. The van der Waals surface area contributed by atoms with Crippen LogP contribution >= 0.6 is 0 Å². The molecule has 1 aromatic heterocycles. The Morgan fingerprint density at radius 1 is 0.524 bits per heavy atom. The highest BCUT2D eigenvalue weighted by Gasteiger charge is 2.55. The van der Waals surface area contributed by atoms with Gasteiger partial charge in [-0.25, -0.2) is 0 Å². The third-order valence-corrected chi connectivity index (χ3v) is 20.4. The maximum Gasteiger partial charge on any atom is 0.336 e. The zero-order valence-corrected chi connectivity index (χ0v) is 37.9. The fourth-order valence-electron chi connectivity index (χ4n) is 12.5. The summed E-state index contributed by atoms with van der Waals surface area (Å²) in [4.78, 5) is 5.36.